The van der Waals surface area contributed by atoms with E-state index in [0.29, 0.717) is 0 Å². The summed E-state index contributed by atoms with van der Waals surface area (Å²) in [5.74, 6) is 0. The third kappa shape index (κ3) is 1.15. The molecule has 2 nitrogen and oxygen atoms in total. The molecule has 2 aromatic rings. The quantitative estimate of drug-likeness (QED) is 0.716. The molecule has 0 radical (unpaired) electrons. The number of halogens is 1. The summed E-state index contributed by atoms with van der Waals surface area (Å²) in [5, 5.41) is 1.91. The van der Waals surface area contributed by atoms with Crippen LogP contribution in [0.4, 0.5) is 0 Å². The van der Waals surface area contributed by atoms with Gasteiger partial charge >= 0.3 is 0 Å². The predicted octanol–water partition coefficient (Wildman–Crippen LogP) is 3.07. The Morgan fingerprint density at radius 2 is 2.21 bits per heavy atom. The number of aromatic amines is 1. The van der Waals surface area contributed by atoms with E-state index in [1.165, 1.54) is 0 Å². The smallest absolute Gasteiger partial charge is 0.128 e. The molecule has 0 bridgehead atoms. The summed E-state index contributed by atoms with van der Waals surface area (Å²) in [6.07, 6.45) is 0. The van der Waals surface area contributed by atoms with E-state index in [9.17, 15) is 0 Å². The van der Waals surface area contributed by atoms with Crippen molar-refractivity contribution >= 4 is 22.5 Å². The third-order valence-corrected chi connectivity index (χ3v) is 2.96. The minimum atomic E-state index is -0.0918. The van der Waals surface area contributed by atoms with E-state index in [4.69, 9.17) is 16.3 Å². The number of benzene rings is 1. The molecule has 0 spiro atoms. The van der Waals surface area contributed by atoms with E-state index >= 15 is 0 Å². The van der Waals surface area contributed by atoms with Crippen LogP contribution < -0.4 is 0 Å². The highest BCUT2D eigenvalue weighted by atomic mass is 35.5. The van der Waals surface area contributed by atoms with Gasteiger partial charge < -0.3 is 9.72 Å². The molecule has 0 saturated carbocycles. The summed E-state index contributed by atoms with van der Waals surface area (Å²) in [6, 6.07) is 7.95. The van der Waals surface area contributed by atoms with E-state index in [1.54, 1.807) is 0 Å². The van der Waals surface area contributed by atoms with Gasteiger partial charge in [0.15, 0.2) is 0 Å². The molecule has 1 N–H and O–H groups in total. The van der Waals surface area contributed by atoms with Crippen molar-refractivity contribution in [2.45, 2.75) is 12.5 Å². The largest absolute Gasteiger partial charge is 0.363 e. The molecule has 1 saturated heterocycles. The van der Waals surface area contributed by atoms with Crippen molar-refractivity contribution < 1.29 is 4.74 Å². The van der Waals surface area contributed by atoms with Gasteiger partial charge in [-0.3, -0.25) is 0 Å². The molecule has 1 unspecified atom stereocenters. The fraction of sp³-hybridized carbons (Fsp3) is 0.273. The molecule has 1 aromatic heterocycles. The van der Waals surface area contributed by atoms with Gasteiger partial charge in [0.1, 0.15) is 5.60 Å². The lowest BCUT2D eigenvalue weighted by atomic mass is 10.1. The Morgan fingerprint density at radius 1 is 1.43 bits per heavy atom. The molecule has 0 amide bonds. The van der Waals surface area contributed by atoms with Gasteiger partial charge in [-0.2, -0.15) is 0 Å². The maximum Gasteiger partial charge on any atom is 0.128 e. The molecule has 1 aromatic carbocycles. The number of fused-ring (bicyclic) bond motifs is 1. The number of hydrogen-bond acceptors (Lipinski definition) is 1. The molecule has 1 aliphatic heterocycles. The Labute approximate surface area is 86.8 Å². The number of hydrogen-bond donors (Lipinski definition) is 1. The highest BCUT2D eigenvalue weighted by molar-refractivity contribution is 6.31. The van der Waals surface area contributed by atoms with Gasteiger partial charge in [0.25, 0.3) is 0 Å². The molecular formula is C11H10ClNO. The van der Waals surface area contributed by atoms with Crippen LogP contribution in [-0.4, -0.2) is 11.6 Å². The Kier molecular flexibility index (Phi) is 1.50. The zero-order valence-corrected chi connectivity index (χ0v) is 8.56. The van der Waals surface area contributed by atoms with Gasteiger partial charge in [0.2, 0.25) is 0 Å². The molecular weight excluding hydrogens is 198 g/mol. The third-order valence-electron chi connectivity index (χ3n) is 2.73. The van der Waals surface area contributed by atoms with Gasteiger partial charge in [-0.25, -0.2) is 0 Å². The zero-order chi connectivity index (χ0) is 9.76. The van der Waals surface area contributed by atoms with E-state index < -0.39 is 0 Å². The lowest BCUT2D eigenvalue weighted by molar-refractivity contribution is 0.325. The van der Waals surface area contributed by atoms with Crippen LogP contribution in [0.2, 0.25) is 5.02 Å². The fourth-order valence-corrected chi connectivity index (χ4v) is 1.83. The minimum Gasteiger partial charge on any atom is -0.363 e. The number of ether oxygens (including phenoxy) is 1. The Hall–Kier alpha value is -0.990. The summed E-state index contributed by atoms with van der Waals surface area (Å²) in [4.78, 5) is 3.34. The fourth-order valence-electron chi connectivity index (χ4n) is 1.65. The summed E-state index contributed by atoms with van der Waals surface area (Å²) in [6.45, 7) is 2.88. The van der Waals surface area contributed by atoms with Crippen molar-refractivity contribution in [1.29, 1.82) is 0 Å². The molecule has 14 heavy (non-hydrogen) atoms. The van der Waals surface area contributed by atoms with Crippen molar-refractivity contribution in [1.82, 2.24) is 4.98 Å². The average Bonchev–Trinajstić information content (AvgIpc) is 2.77. The molecule has 1 fully saturated rings. The molecule has 0 aliphatic carbocycles. The van der Waals surface area contributed by atoms with Crippen LogP contribution in [0, 0.1) is 0 Å². The van der Waals surface area contributed by atoms with Crippen molar-refractivity contribution in [3.63, 3.8) is 0 Å². The normalized spacial score (nSPS) is 25.6. The van der Waals surface area contributed by atoms with E-state index in [2.05, 4.69) is 18.0 Å². The summed E-state index contributed by atoms with van der Waals surface area (Å²) >= 11 is 5.91. The van der Waals surface area contributed by atoms with Crippen LogP contribution in [0.25, 0.3) is 10.9 Å². The van der Waals surface area contributed by atoms with Gasteiger partial charge in [0.05, 0.1) is 12.3 Å². The molecule has 1 atom stereocenters. The number of rotatable bonds is 1. The van der Waals surface area contributed by atoms with Gasteiger partial charge in [-0.15, -0.1) is 0 Å². The van der Waals surface area contributed by atoms with Crippen LogP contribution >= 0.6 is 11.6 Å². The highest BCUT2D eigenvalue weighted by Crippen LogP contribution is 2.38. The van der Waals surface area contributed by atoms with E-state index in [-0.39, 0.29) is 5.60 Å². The lowest BCUT2D eigenvalue weighted by Gasteiger charge is -1.98. The van der Waals surface area contributed by atoms with Crippen LogP contribution in [0.1, 0.15) is 12.6 Å². The summed E-state index contributed by atoms with van der Waals surface area (Å²) in [7, 11) is 0. The SMILES string of the molecule is CC1(c2cc3cc(Cl)ccc3[nH]2)CO1. The van der Waals surface area contributed by atoms with Crippen molar-refractivity contribution in [3.8, 4) is 0 Å². The first-order valence-corrected chi connectivity index (χ1v) is 4.98. The number of aromatic nitrogens is 1. The number of nitrogens with one attached hydrogen (secondary N) is 1. The monoisotopic (exact) mass is 207 g/mol. The minimum absolute atomic E-state index is 0.0918. The summed E-state index contributed by atoms with van der Waals surface area (Å²) < 4.78 is 5.38. The second-order valence-electron chi connectivity index (χ2n) is 3.93. The average molecular weight is 208 g/mol. The van der Waals surface area contributed by atoms with Crippen molar-refractivity contribution in [3.05, 3.63) is 35.0 Å². The maximum absolute atomic E-state index is 5.91. The summed E-state index contributed by atoms with van der Waals surface area (Å²) in [5.41, 5.74) is 2.15. The van der Waals surface area contributed by atoms with E-state index in [1.807, 2.05) is 18.2 Å². The highest BCUT2D eigenvalue weighted by Gasteiger charge is 2.42. The Bertz CT molecular complexity index is 499. The topological polar surface area (TPSA) is 28.3 Å². The first-order valence-electron chi connectivity index (χ1n) is 4.60. The molecule has 1 aliphatic rings. The van der Waals surface area contributed by atoms with Crippen LogP contribution in [-0.2, 0) is 10.3 Å². The van der Waals surface area contributed by atoms with Crippen LogP contribution in [0.15, 0.2) is 24.3 Å². The standard InChI is InChI=1S/C11H10ClNO/c1-11(6-14-11)10-5-7-4-8(12)2-3-9(7)13-10/h2-5,13H,6H2,1H3. The van der Waals surface area contributed by atoms with Crippen molar-refractivity contribution in [2.75, 3.05) is 6.61 Å². The maximum atomic E-state index is 5.91. The van der Waals surface area contributed by atoms with Crippen molar-refractivity contribution in [2.24, 2.45) is 0 Å². The first-order chi connectivity index (χ1) is 6.67. The first kappa shape index (κ1) is 8.33. The molecule has 3 heteroatoms. The second-order valence-corrected chi connectivity index (χ2v) is 4.37. The lowest BCUT2D eigenvalue weighted by Crippen LogP contribution is -2.01. The predicted molar refractivity (Wildman–Crippen MR) is 56.6 cm³/mol. The molecule has 3 rings (SSSR count). The molecule has 2 heterocycles. The number of epoxide rings is 1. The molecule has 72 valence electrons. The van der Waals surface area contributed by atoms with Gasteiger partial charge in [-0.1, -0.05) is 11.6 Å². The van der Waals surface area contributed by atoms with Gasteiger partial charge in [0, 0.05) is 15.9 Å². The van der Waals surface area contributed by atoms with E-state index in [0.717, 1.165) is 28.2 Å². The Balaban J connectivity index is 2.20. The van der Waals surface area contributed by atoms with Gasteiger partial charge in [-0.05, 0) is 31.2 Å². The zero-order valence-electron chi connectivity index (χ0n) is 7.80. The number of H-pyrrole nitrogens is 1. The Morgan fingerprint density at radius 3 is 2.93 bits per heavy atom. The van der Waals surface area contributed by atoms with Crippen LogP contribution in [0.3, 0.4) is 0 Å². The van der Waals surface area contributed by atoms with Crippen LogP contribution in [0.5, 0.6) is 0 Å². The second kappa shape index (κ2) is 2.53.